The van der Waals surface area contributed by atoms with Crippen molar-refractivity contribution in [3.8, 4) is 0 Å². The van der Waals surface area contributed by atoms with E-state index in [1.807, 2.05) is 12.1 Å². The number of ether oxygens (including phenoxy) is 1. The molecule has 2 rings (SSSR count). The molecule has 3 nitrogen and oxygen atoms in total. The van der Waals surface area contributed by atoms with Gasteiger partial charge in [0.15, 0.2) is 0 Å². The lowest BCUT2D eigenvalue weighted by Gasteiger charge is -2.26. The summed E-state index contributed by atoms with van der Waals surface area (Å²) in [6, 6.07) is 6.07. The smallest absolute Gasteiger partial charge is 0.0594 e. The maximum absolute atomic E-state index is 6.21. The van der Waals surface area contributed by atoms with E-state index in [1.165, 1.54) is 5.56 Å². The summed E-state index contributed by atoms with van der Waals surface area (Å²) in [5.74, 6) is 0. The van der Waals surface area contributed by atoms with Crippen molar-refractivity contribution in [1.82, 2.24) is 4.90 Å². The number of hydrogen-bond donors (Lipinski definition) is 1. The number of halogens is 1. The first-order valence-electron chi connectivity index (χ1n) is 5.57. The molecule has 1 aromatic carbocycles. The Bertz CT molecular complexity index is 351. The van der Waals surface area contributed by atoms with Crippen molar-refractivity contribution in [2.45, 2.75) is 13.1 Å². The van der Waals surface area contributed by atoms with Crippen LogP contribution < -0.4 is 5.73 Å². The fourth-order valence-electron chi connectivity index (χ4n) is 1.85. The predicted molar refractivity (Wildman–Crippen MR) is 65.4 cm³/mol. The van der Waals surface area contributed by atoms with E-state index in [2.05, 4.69) is 11.0 Å². The summed E-state index contributed by atoms with van der Waals surface area (Å²) >= 11 is 6.21. The fourth-order valence-corrected chi connectivity index (χ4v) is 2.11. The topological polar surface area (TPSA) is 38.5 Å². The molecule has 2 N–H and O–H groups in total. The van der Waals surface area contributed by atoms with Crippen LogP contribution in [0, 0.1) is 0 Å². The van der Waals surface area contributed by atoms with Crippen molar-refractivity contribution < 1.29 is 4.74 Å². The van der Waals surface area contributed by atoms with Gasteiger partial charge in [0.2, 0.25) is 0 Å². The zero-order valence-electron chi connectivity index (χ0n) is 9.29. The summed E-state index contributed by atoms with van der Waals surface area (Å²) in [6.07, 6.45) is 0. The summed E-state index contributed by atoms with van der Waals surface area (Å²) in [6.45, 7) is 5.03. The van der Waals surface area contributed by atoms with Gasteiger partial charge >= 0.3 is 0 Å². The van der Waals surface area contributed by atoms with Gasteiger partial charge in [-0.1, -0.05) is 23.7 Å². The molecule has 0 amide bonds. The minimum absolute atomic E-state index is 0.539. The monoisotopic (exact) mass is 240 g/mol. The second-order valence-corrected chi connectivity index (χ2v) is 4.43. The minimum Gasteiger partial charge on any atom is -0.379 e. The normalized spacial score (nSPS) is 17.6. The lowest BCUT2D eigenvalue weighted by Crippen LogP contribution is -2.35. The third kappa shape index (κ3) is 2.95. The van der Waals surface area contributed by atoms with E-state index in [-0.39, 0.29) is 0 Å². The molecule has 0 unspecified atom stereocenters. The van der Waals surface area contributed by atoms with Gasteiger partial charge in [-0.05, 0) is 17.2 Å². The maximum atomic E-state index is 6.21. The molecule has 1 saturated heterocycles. The number of hydrogen-bond acceptors (Lipinski definition) is 3. The van der Waals surface area contributed by atoms with Gasteiger partial charge in [0.05, 0.1) is 13.2 Å². The van der Waals surface area contributed by atoms with Gasteiger partial charge in [0.25, 0.3) is 0 Å². The second-order valence-electron chi connectivity index (χ2n) is 4.02. The predicted octanol–water partition coefficient (Wildman–Crippen LogP) is 1.63. The summed E-state index contributed by atoms with van der Waals surface area (Å²) in [5.41, 5.74) is 7.81. The van der Waals surface area contributed by atoms with Gasteiger partial charge in [0.1, 0.15) is 0 Å². The minimum atomic E-state index is 0.539. The van der Waals surface area contributed by atoms with Crippen LogP contribution in [0.2, 0.25) is 5.02 Å². The number of nitrogens with zero attached hydrogens (tertiary/aromatic N) is 1. The number of rotatable bonds is 3. The Morgan fingerprint density at radius 1 is 1.31 bits per heavy atom. The van der Waals surface area contributed by atoms with E-state index in [4.69, 9.17) is 22.1 Å². The highest BCUT2D eigenvalue weighted by Crippen LogP contribution is 2.19. The molecule has 1 aliphatic rings. The van der Waals surface area contributed by atoms with Crippen molar-refractivity contribution in [3.05, 3.63) is 34.3 Å². The molecule has 1 aliphatic heterocycles. The number of morpholine rings is 1. The van der Waals surface area contributed by atoms with E-state index in [0.29, 0.717) is 6.54 Å². The Balaban J connectivity index is 2.03. The Morgan fingerprint density at radius 3 is 2.69 bits per heavy atom. The molecule has 0 saturated carbocycles. The van der Waals surface area contributed by atoms with E-state index in [0.717, 1.165) is 43.4 Å². The third-order valence-corrected chi connectivity index (χ3v) is 3.20. The van der Waals surface area contributed by atoms with Gasteiger partial charge in [-0.15, -0.1) is 0 Å². The van der Waals surface area contributed by atoms with Crippen LogP contribution in [0.1, 0.15) is 11.1 Å². The molecule has 1 fully saturated rings. The average Bonchev–Trinajstić information content (AvgIpc) is 2.33. The molecule has 0 radical (unpaired) electrons. The number of nitrogens with two attached hydrogens (primary N) is 1. The average molecular weight is 241 g/mol. The quantitative estimate of drug-likeness (QED) is 0.873. The Hall–Kier alpha value is -0.610. The highest BCUT2D eigenvalue weighted by molar-refractivity contribution is 6.31. The van der Waals surface area contributed by atoms with Crippen LogP contribution >= 0.6 is 11.6 Å². The molecule has 0 aliphatic carbocycles. The fraction of sp³-hybridized carbons (Fsp3) is 0.500. The molecular weight excluding hydrogens is 224 g/mol. The first-order chi connectivity index (χ1) is 7.79. The van der Waals surface area contributed by atoms with Crippen LogP contribution in [0.25, 0.3) is 0 Å². The van der Waals surface area contributed by atoms with Gasteiger partial charge in [-0.25, -0.2) is 0 Å². The number of benzene rings is 1. The van der Waals surface area contributed by atoms with Crippen molar-refractivity contribution >= 4 is 11.6 Å². The second kappa shape index (κ2) is 5.64. The highest BCUT2D eigenvalue weighted by Gasteiger charge is 2.12. The van der Waals surface area contributed by atoms with Crippen molar-refractivity contribution in [3.63, 3.8) is 0 Å². The Kier molecular flexibility index (Phi) is 4.18. The zero-order valence-corrected chi connectivity index (χ0v) is 10.0. The largest absolute Gasteiger partial charge is 0.379 e. The lowest BCUT2D eigenvalue weighted by atomic mass is 10.1. The molecule has 0 spiro atoms. The molecule has 0 atom stereocenters. The van der Waals surface area contributed by atoms with Crippen molar-refractivity contribution in [2.24, 2.45) is 5.73 Å². The van der Waals surface area contributed by atoms with Gasteiger partial charge < -0.3 is 10.5 Å². The molecule has 16 heavy (non-hydrogen) atoms. The molecule has 1 aromatic rings. The van der Waals surface area contributed by atoms with Crippen molar-refractivity contribution in [2.75, 3.05) is 26.3 Å². The highest BCUT2D eigenvalue weighted by atomic mass is 35.5. The van der Waals surface area contributed by atoms with Gasteiger partial charge in [0, 0.05) is 31.2 Å². The van der Waals surface area contributed by atoms with Crippen LogP contribution in [0.3, 0.4) is 0 Å². The van der Waals surface area contributed by atoms with Crippen LogP contribution in [0.15, 0.2) is 18.2 Å². The zero-order chi connectivity index (χ0) is 11.4. The first kappa shape index (κ1) is 11.9. The Labute approximate surface area is 101 Å². The molecule has 0 bridgehead atoms. The summed E-state index contributed by atoms with van der Waals surface area (Å²) in [7, 11) is 0. The molecule has 4 heteroatoms. The molecular formula is C12H17ClN2O. The molecule has 88 valence electrons. The van der Waals surface area contributed by atoms with E-state index in [1.54, 1.807) is 0 Å². The SMILES string of the molecule is NCc1ccc(CN2CCOCC2)c(Cl)c1. The van der Waals surface area contributed by atoms with Crippen LogP contribution in [0.4, 0.5) is 0 Å². The third-order valence-electron chi connectivity index (χ3n) is 2.85. The van der Waals surface area contributed by atoms with Gasteiger partial charge in [-0.3, -0.25) is 4.90 Å². The summed E-state index contributed by atoms with van der Waals surface area (Å²) in [4.78, 5) is 2.35. The standard InChI is InChI=1S/C12H17ClN2O/c13-12-7-10(8-14)1-2-11(12)9-15-3-5-16-6-4-15/h1-2,7H,3-6,8-9,14H2. The van der Waals surface area contributed by atoms with E-state index >= 15 is 0 Å². The van der Waals surface area contributed by atoms with Gasteiger partial charge in [-0.2, -0.15) is 0 Å². The van der Waals surface area contributed by atoms with Crippen LogP contribution in [-0.4, -0.2) is 31.2 Å². The van der Waals surface area contributed by atoms with E-state index < -0.39 is 0 Å². The van der Waals surface area contributed by atoms with Crippen LogP contribution in [-0.2, 0) is 17.8 Å². The molecule has 0 aromatic heterocycles. The maximum Gasteiger partial charge on any atom is 0.0594 e. The first-order valence-corrected chi connectivity index (χ1v) is 5.95. The van der Waals surface area contributed by atoms with E-state index in [9.17, 15) is 0 Å². The summed E-state index contributed by atoms with van der Waals surface area (Å²) < 4.78 is 5.31. The summed E-state index contributed by atoms with van der Waals surface area (Å²) in [5, 5.41) is 0.814. The van der Waals surface area contributed by atoms with Crippen molar-refractivity contribution in [1.29, 1.82) is 0 Å². The molecule has 1 heterocycles. The lowest BCUT2D eigenvalue weighted by molar-refractivity contribution is 0.0342. The van der Waals surface area contributed by atoms with Crippen LogP contribution in [0.5, 0.6) is 0 Å². The Morgan fingerprint density at radius 2 is 2.06 bits per heavy atom.